The second kappa shape index (κ2) is 8.07. The molecule has 29 heavy (non-hydrogen) atoms. The van der Waals surface area contributed by atoms with Gasteiger partial charge >= 0.3 is 0 Å². The Labute approximate surface area is 165 Å². The third-order valence-corrected chi connectivity index (χ3v) is 5.18. The Morgan fingerprint density at radius 1 is 0.931 bits per heavy atom. The van der Waals surface area contributed by atoms with E-state index in [0.29, 0.717) is 0 Å². The molecule has 8 nitrogen and oxygen atoms in total. The summed E-state index contributed by atoms with van der Waals surface area (Å²) in [5.41, 5.74) is 0.0591. The van der Waals surface area contributed by atoms with Crippen LogP contribution in [0, 0.1) is 15.9 Å². The number of nitro groups is 1. The van der Waals surface area contributed by atoms with Crippen molar-refractivity contribution in [3.63, 3.8) is 0 Å². The lowest BCUT2D eigenvalue weighted by atomic mass is 10.2. The van der Waals surface area contributed by atoms with Crippen LogP contribution >= 0.6 is 0 Å². The molecule has 0 saturated carbocycles. The van der Waals surface area contributed by atoms with Crippen LogP contribution in [-0.4, -0.2) is 19.2 Å². The van der Waals surface area contributed by atoms with Crippen LogP contribution in [0.1, 0.15) is 10.4 Å². The van der Waals surface area contributed by atoms with E-state index in [1.807, 2.05) is 0 Å². The molecule has 0 aliphatic heterocycles. The lowest BCUT2D eigenvalue weighted by Crippen LogP contribution is -2.16. The molecular formula is C19H14FN3O5S. The normalized spacial score (nSPS) is 10.9. The molecule has 0 saturated heterocycles. The van der Waals surface area contributed by atoms with Crippen molar-refractivity contribution in [2.24, 2.45) is 0 Å². The SMILES string of the molecule is O=C(Nc1cccc([N+](=O)[O-])c1)c1cccc(S(=O)(=O)Nc2cccc(F)c2)c1. The Kier molecular flexibility index (Phi) is 5.55. The Morgan fingerprint density at radius 2 is 1.62 bits per heavy atom. The highest BCUT2D eigenvalue weighted by Crippen LogP contribution is 2.20. The number of benzene rings is 3. The van der Waals surface area contributed by atoms with Gasteiger partial charge in [0.05, 0.1) is 15.5 Å². The third-order valence-electron chi connectivity index (χ3n) is 3.80. The smallest absolute Gasteiger partial charge is 0.271 e. The molecular weight excluding hydrogens is 401 g/mol. The molecule has 2 N–H and O–H groups in total. The van der Waals surface area contributed by atoms with Gasteiger partial charge in [0.25, 0.3) is 21.6 Å². The topological polar surface area (TPSA) is 118 Å². The van der Waals surface area contributed by atoms with Gasteiger partial charge < -0.3 is 5.32 Å². The zero-order valence-electron chi connectivity index (χ0n) is 14.7. The molecule has 0 radical (unpaired) electrons. The van der Waals surface area contributed by atoms with Crippen molar-refractivity contribution in [1.82, 2.24) is 0 Å². The Bertz CT molecular complexity index is 1200. The van der Waals surface area contributed by atoms with E-state index in [1.165, 1.54) is 60.7 Å². The Morgan fingerprint density at radius 3 is 2.34 bits per heavy atom. The maximum atomic E-state index is 13.3. The summed E-state index contributed by atoms with van der Waals surface area (Å²) in [4.78, 5) is 22.5. The number of sulfonamides is 1. The minimum atomic E-state index is -4.06. The molecule has 3 rings (SSSR count). The molecule has 0 unspecified atom stereocenters. The van der Waals surface area contributed by atoms with Crippen LogP contribution in [0.4, 0.5) is 21.5 Å². The molecule has 0 bridgehead atoms. The third kappa shape index (κ3) is 4.93. The van der Waals surface area contributed by atoms with Crippen molar-refractivity contribution in [3.05, 3.63) is 94.3 Å². The molecule has 0 aromatic heterocycles. The molecule has 3 aromatic rings. The van der Waals surface area contributed by atoms with Gasteiger partial charge in [0, 0.05) is 23.4 Å². The molecule has 10 heteroatoms. The van der Waals surface area contributed by atoms with Gasteiger partial charge in [-0.1, -0.05) is 18.2 Å². The van der Waals surface area contributed by atoms with Crippen LogP contribution in [-0.2, 0) is 10.0 Å². The zero-order valence-corrected chi connectivity index (χ0v) is 15.5. The van der Waals surface area contributed by atoms with Crippen LogP contribution in [0.25, 0.3) is 0 Å². The van der Waals surface area contributed by atoms with E-state index in [0.717, 1.165) is 12.1 Å². The molecule has 0 spiro atoms. The Hall–Kier alpha value is -3.79. The molecule has 0 aliphatic carbocycles. The first-order valence-corrected chi connectivity index (χ1v) is 9.67. The number of nitrogens with one attached hydrogen (secondary N) is 2. The van der Waals surface area contributed by atoms with E-state index in [-0.39, 0.29) is 27.5 Å². The number of hydrogen-bond acceptors (Lipinski definition) is 5. The maximum Gasteiger partial charge on any atom is 0.271 e. The van der Waals surface area contributed by atoms with Crippen molar-refractivity contribution in [3.8, 4) is 0 Å². The van der Waals surface area contributed by atoms with Crippen molar-refractivity contribution in [2.45, 2.75) is 4.90 Å². The van der Waals surface area contributed by atoms with Crippen molar-refractivity contribution >= 4 is 33.0 Å². The summed E-state index contributed by atoms with van der Waals surface area (Å²) in [6.45, 7) is 0. The second-order valence-corrected chi connectivity index (χ2v) is 7.59. The van der Waals surface area contributed by atoms with E-state index < -0.39 is 26.7 Å². The van der Waals surface area contributed by atoms with Gasteiger partial charge in [0.15, 0.2) is 0 Å². The van der Waals surface area contributed by atoms with Crippen LogP contribution in [0.2, 0.25) is 0 Å². The van der Waals surface area contributed by atoms with Gasteiger partial charge in [-0.15, -0.1) is 0 Å². The standard InChI is InChI=1S/C19H14FN3O5S/c20-14-5-2-7-16(11-14)22-29(27,28)18-9-1-4-13(10-18)19(24)21-15-6-3-8-17(12-15)23(25)26/h1-12,22H,(H,21,24). The minimum absolute atomic E-state index is 0.0265. The molecule has 0 aliphatic rings. The molecule has 3 aromatic carbocycles. The predicted octanol–water partition coefficient (Wildman–Crippen LogP) is 3.79. The van der Waals surface area contributed by atoms with Crippen molar-refractivity contribution in [2.75, 3.05) is 10.0 Å². The van der Waals surface area contributed by atoms with Crippen LogP contribution in [0.3, 0.4) is 0 Å². The van der Waals surface area contributed by atoms with Crippen LogP contribution in [0.5, 0.6) is 0 Å². The van der Waals surface area contributed by atoms with Gasteiger partial charge in [0.2, 0.25) is 0 Å². The number of amides is 1. The van der Waals surface area contributed by atoms with Crippen LogP contribution < -0.4 is 10.0 Å². The average molecular weight is 415 g/mol. The fourth-order valence-electron chi connectivity index (χ4n) is 2.47. The summed E-state index contributed by atoms with van der Waals surface area (Å²) in [6, 6.07) is 15.5. The van der Waals surface area contributed by atoms with Gasteiger partial charge in [-0.05, 0) is 42.5 Å². The minimum Gasteiger partial charge on any atom is -0.322 e. The van der Waals surface area contributed by atoms with Gasteiger partial charge in [-0.3, -0.25) is 19.6 Å². The summed E-state index contributed by atoms with van der Waals surface area (Å²) in [7, 11) is -4.06. The molecule has 0 atom stereocenters. The van der Waals surface area contributed by atoms with Crippen molar-refractivity contribution in [1.29, 1.82) is 0 Å². The molecule has 148 valence electrons. The van der Waals surface area contributed by atoms with Crippen molar-refractivity contribution < 1.29 is 22.5 Å². The zero-order chi connectivity index (χ0) is 21.0. The number of nitro benzene ring substituents is 1. The fourth-order valence-corrected chi connectivity index (χ4v) is 3.57. The van der Waals surface area contributed by atoms with E-state index in [2.05, 4.69) is 10.0 Å². The molecule has 0 fully saturated rings. The quantitative estimate of drug-likeness (QED) is 0.469. The number of carbonyl (C=O) groups is 1. The number of non-ortho nitro benzene ring substituents is 1. The summed E-state index contributed by atoms with van der Waals surface area (Å²) in [5, 5.41) is 13.3. The molecule has 0 heterocycles. The first-order chi connectivity index (χ1) is 13.7. The number of nitrogens with zero attached hydrogens (tertiary/aromatic N) is 1. The second-order valence-electron chi connectivity index (χ2n) is 5.91. The maximum absolute atomic E-state index is 13.3. The summed E-state index contributed by atoms with van der Waals surface area (Å²) in [6.07, 6.45) is 0. The average Bonchev–Trinajstić information content (AvgIpc) is 2.68. The first-order valence-electron chi connectivity index (χ1n) is 8.19. The van der Waals surface area contributed by atoms with Gasteiger partial charge in [0.1, 0.15) is 5.82 Å². The predicted molar refractivity (Wildman–Crippen MR) is 105 cm³/mol. The number of halogens is 1. The highest BCUT2D eigenvalue weighted by Gasteiger charge is 2.17. The molecule has 1 amide bonds. The fraction of sp³-hybridized carbons (Fsp3) is 0. The van der Waals surface area contributed by atoms with E-state index in [9.17, 15) is 27.7 Å². The highest BCUT2D eigenvalue weighted by molar-refractivity contribution is 7.92. The lowest BCUT2D eigenvalue weighted by molar-refractivity contribution is -0.384. The Balaban J connectivity index is 1.82. The first kappa shape index (κ1) is 20.0. The number of anilines is 2. The van der Waals surface area contributed by atoms with Crippen LogP contribution in [0.15, 0.2) is 77.7 Å². The number of rotatable bonds is 6. The van der Waals surface area contributed by atoms with E-state index >= 15 is 0 Å². The summed E-state index contributed by atoms with van der Waals surface area (Å²) < 4.78 is 40.6. The highest BCUT2D eigenvalue weighted by atomic mass is 32.2. The summed E-state index contributed by atoms with van der Waals surface area (Å²) >= 11 is 0. The van der Waals surface area contributed by atoms with E-state index in [4.69, 9.17) is 0 Å². The van der Waals surface area contributed by atoms with Gasteiger partial charge in [-0.25, -0.2) is 12.8 Å². The lowest BCUT2D eigenvalue weighted by Gasteiger charge is -2.10. The van der Waals surface area contributed by atoms with Gasteiger partial charge in [-0.2, -0.15) is 0 Å². The summed E-state index contributed by atoms with van der Waals surface area (Å²) in [5.74, 6) is -1.25. The van der Waals surface area contributed by atoms with E-state index in [1.54, 1.807) is 0 Å². The monoisotopic (exact) mass is 415 g/mol. The largest absolute Gasteiger partial charge is 0.322 e. The number of hydrogen-bond donors (Lipinski definition) is 2. The number of carbonyl (C=O) groups excluding carboxylic acids is 1.